The fourth-order valence-electron chi connectivity index (χ4n) is 1.56. The van der Waals surface area contributed by atoms with Gasteiger partial charge in [0.05, 0.1) is 0 Å². The number of aromatic amines is 1. The summed E-state index contributed by atoms with van der Waals surface area (Å²) < 4.78 is 0. The molecule has 1 aromatic carbocycles. The zero-order valence-electron chi connectivity index (χ0n) is 9.02. The van der Waals surface area contributed by atoms with Gasteiger partial charge in [-0.25, -0.2) is 4.79 Å². The van der Waals surface area contributed by atoms with Gasteiger partial charge < -0.3 is 10.1 Å². The first-order chi connectivity index (χ1) is 8.63. The van der Waals surface area contributed by atoms with Gasteiger partial charge in [0.15, 0.2) is 6.07 Å². The molecule has 0 unspecified atom stereocenters. The molecule has 0 saturated carbocycles. The average Bonchev–Trinajstić information content (AvgIpc) is 2.36. The first-order valence-electron chi connectivity index (χ1n) is 4.92. The normalized spacial score (nSPS) is 9.28. The van der Waals surface area contributed by atoms with Crippen molar-refractivity contribution in [3.8, 4) is 17.9 Å². The topological polar surface area (TPSA) is 93.9 Å². The number of benzene rings is 1. The van der Waals surface area contributed by atoms with Gasteiger partial charge in [0.25, 0.3) is 0 Å². The SMILES string of the molecule is N#CC#Cc1ccc2[nH]cc(C(=O)O)c(=O)c2c1. The molecule has 0 aliphatic heterocycles. The lowest BCUT2D eigenvalue weighted by molar-refractivity contribution is 0.0695. The van der Waals surface area contributed by atoms with Gasteiger partial charge in [-0.15, -0.1) is 0 Å². The first-order valence-corrected chi connectivity index (χ1v) is 4.92. The summed E-state index contributed by atoms with van der Waals surface area (Å²) in [5, 5.41) is 17.4. The molecule has 86 valence electrons. The largest absolute Gasteiger partial charge is 0.477 e. The van der Waals surface area contributed by atoms with Crippen LogP contribution in [0.3, 0.4) is 0 Å². The first kappa shape index (κ1) is 11.4. The van der Waals surface area contributed by atoms with Gasteiger partial charge in [0.1, 0.15) is 5.56 Å². The van der Waals surface area contributed by atoms with Crippen LogP contribution in [0.4, 0.5) is 0 Å². The molecule has 18 heavy (non-hydrogen) atoms. The molecule has 0 spiro atoms. The predicted octanol–water partition coefficient (Wildman–Crippen LogP) is 1.10. The van der Waals surface area contributed by atoms with E-state index < -0.39 is 11.4 Å². The highest BCUT2D eigenvalue weighted by Gasteiger charge is 2.11. The number of hydrogen-bond donors (Lipinski definition) is 2. The minimum Gasteiger partial charge on any atom is -0.477 e. The summed E-state index contributed by atoms with van der Waals surface area (Å²) in [4.78, 5) is 25.4. The molecular formula is C13H6N2O3. The van der Waals surface area contributed by atoms with E-state index in [4.69, 9.17) is 10.4 Å². The number of H-pyrrole nitrogens is 1. The molecule has 0 amide bonds. The number of carboxylic acid groups (broad SMARTS) is 1. The Bertz CT molecular complexity index is 801. The van der Waals surface area contributed by atoms with E-state index in [0.29, 0.717) is 11.1 Å². The molecule has 2 aromatic rings. The maximum atomic E-state index is 11.9. The zero-order valence-corrected chi connectivity index (χ0v) is 9.02. The number of nitrogens with one attached hydrogen (secondary N) is 1. The molecule has 5 heteroatoms. The Morgan fingerprint density at radius 1 is 1.39 bits per heavy atom. The highest BCUT2D eigenvalue weighted by molar-refractivity contribution is 5.92. The smallest absolute Gasteiger partial charge is 0.341 e. The van der Waals surface area contributed by atoms with Crippen LogP contribution in [0.2, 0.25) is 0 Å². The summed E-state index contributed by atoms with van der Waals surface area (Å²) >= 11 is 0. The maximum absolute atomic E-state index is 11.9. The Morgan fingerprint density at radius 2 is 2.17 bits per heavy atom. The van der Waals surface area contributed by atoms with Crippen molar-refractivity contribution in [1.29, 1.82) is 5.26 Å². The quantitative estimate of drug-likeness (QED) is 0.727. The van der Waals surface area contributed by atoms with Crippen LogP contribution < -0.4 is 5.43 Å². The number of carbonyl (C=O) groups is 1. The van der Waals surface area contributed by atoms with Gasteiger partial charge in [-0.05, 0) is 18.2 Å². The fourth-order valence-corrected chi connectivity index (χ4v) is 1.56. The predicted molar refractivity (Wildman–Crippen MR) is 64.0 cm³/mol. The standard InChI is InChI=1S/C13H6N2O3/c14-5-1-2-8-3-4-11-9(6-8)12(16)10(7-15-11)13(17)18/h3-4,6-7H,(H,15,16)(H,17,18). The molecule has 1 heterocycles. The van der Waals surface area contributed by atoms with Crippen LogP contribution in [-0.2, 0) is 0 Å². The Morgan fingerprint density at radius 3 is 2.83 bits per heavy atom. The number of aromatic carboxylic acids is 1. The second kappa shape index (κ2) is 4.44. The van der Waals surface area contributed by atoms with E-state index in [2.05, 4.69) is 16.8 Å². The Balaban J connectivity index is 2.75. The maximum Gasteiger partial charge on any atom is 0.341 e. The lowest BCUT2D eigenvalue weighted by Gasteiger charge is -2.00. The number of nitrogens with zero attached hydrogens (tertiary/aromatic N) is 1. The number of fused-ring (bicyclic) bond motifs is 1. The van der Waals surface area contributed by atoms with E-state index >= 15 is 0 Å². The molecule has 0 radical (unpaired) electrons. The van der Waals surface area contributed by atoms with Crippen LogP contribution >= 0.6 is 0 Å². The summed E-state index contributed by atoms with van der Waals surface area (Å²) in [6, 6.07) is 6.39. The van der Waals surface area contributed by atoms with Gasteiger partial charge in [-0.1, -0.05) is 5.92 Å². The van der Waals surface area contributed by atoms with Crippen molar-refractivity contribution in [3.05, 3.63) is 45.7 Å². The highest BCUT2D eigenvalue weighted by atomic mass is 16.4. The summed E-state index contributed by atoms with van der Waals surface area (Å²) in [5.41, 5.74) is 0.106. The van der Waals surface area contributed by atoms with Crippen LogP contribution in [0.5, 0.6) is 0 Å². The van der Waals surface area contributed by atoms with Crippen LogP contribution in [0.1, 0.15) is 15.9 Å². The summed E-state index contributed by atoms with van der Waals surface area (Å²) in [6.07, 6.45) is 1.16. The minimum absolute atomic E-state index is 0.236. The van der Waals surface area contributed by atoms with Crippen LogP contribution in [-0.4, -0.2) is 16.1 Å². The number of pyridine rings is 1. The van der Waals surface area contributed by atoms with Crippen LogP contribution in [0, 0.1) is 23.2 Å². The van der Waals surface area contributed by atoms with Crippen molar-refractivity contribution < 1.29 is 9.90 Å². The fraction of sp³-hybridized carbons (Fsp3) is 0. The number of carboxylic acids is 1. The molecule has 0 aliphatic carbocycles. The van der Waals surface area contributed by atoms with Crippen molar-refractivity contribution in [2.45, 2.75) is 0 Å². The number of aromatic nitrogens is 1. The van der Waals surface area contributed by atoms with Crippen LogP contribution in [0.25, 0.3) is 10.9 Å². The second-order valence-electron chi connectivity index (χ2n) is 3.46. The molecule has 0 fully saturated rings. The third kappa shape index (κ3) is 1.93. The lowest BCUT2D eigenvalue weighted by Crippen LogP contribution is -2.15. The van der Waals surface area contributed by atoms with Gasteiger partial charge in [0, 0.05) is 28.6 Å². The van der Waals surface area contributed by atoms with Gasteiger partial charge in [-0.2, -0.15) is 5.26 Å². The molecule has 2 N–H and O–H groups in total. The van der Waals surface area contributed by atoms with Crippen molar-refractivity contribution >= 4 is 16.9 Å². The Labute approximate surface area is 101 Å². The summed E-state index contributed by atoms with van der Waals surface area (Å²) in [5.74, 6) is 3.48. The Kier molecular flexibility index (Phi) is 2.82. The van der Waals surface area contributed by atoms with Crippen molar-refractivity contribution in [1.82, 2.24) is 4.98 Å². The van der Waals surface area contributed by atoms with Crippen molar-refractivity contribution in [2.75, 3.05) is 0 Å². The van der Waals surface area contributed by atoms with Crippen molar-refractivity contribution in [3.63, 3.8) is 0 Å². The second-order valence-corrected chi connectivity index (χ2v) is 3.46. The molecule has 0 aliphatic rings. The number of hydrogen-bond acceptors (Lipinski definition) is 3. The zero-order chi connectivity index (χ0) is 13.1. The third-order valence-corrected chi connectivity index (χ3v) is 2.37. The van der Waals surface area contributed by atoms with Crippen molar-refractivity contribution in [2.24, 2.45) is 0 Å². The molecule has 5 nitrogen and oxygen atoms in total. The lowest BCUT2D eigenvalue weighted by atomic mass is 10.1. The Hall–Kier alpha value is -3.05. The molecular weight excluding hydrogens is 232 g/mol. The molecule has 0 saturated heterocycles. The van der Waals surface area contributed by atoms with Crippen LogP contribution in [0.15, 0.2) is 29.2 Å². The highest BCUT2D eigenvalue weighted by Crippen LogP contribution is 2.10. The molecule has 0 bridgehead atoms. The minimum atomic E-state index is -1.29. The van der Waals surface area contributed by atoms with Gasteiger partial charge in [0.2, 0.25) is 5.43 Å². The third-order valence-electron chi connectivity index (χ3n) is 2.37. The van der Waals surface area contributed by atoms with E-state index in [1.165, 1.54) is 6.07 Å². The van der Waals surface area contributed by atoms with E-state index in [9.17, 15) is 9.59 Å². The van der Waals surface area contributed by atoms with Gasteiger partial charge in [-0.3, -0.25) is 4.79 Å². The van der Waals surface area contributed by atoms with E-state index in [1.54, 1.807) is 18.2 Å². The van der Waals surface area contributed by atoms with E-state index in [1.807, 2.05) is 0 Å². The van der Waals surface area contributed by atoms with E-state index in [-0.39, 0.29) is 10.9 Å². The average molecular weight is 238 g/mol. The number of rotatable bonds is 1. The monoisotopic (exact) mass is 238 g/mol. The molecule has 2 rings (SSSR count). The van der Waals surface area contributed by atoms with Gasteiger partial charge >= 0.3 is 5.97 Å². The molecule has 0 atom stereocenters. The molecule has 1 aromatic heterocycles. The van der Waals surface area contributed by atoms with E-state index in [0.717, 1.165) is 6.20 Å². The summed E-state index contributed by atoms with van der Waals surface area (Å²) in [6.45, 7) is 0. The summed E-state index contributed by atoms with van der Waals surface area (Å²) in [7, 11) is 0. The number of nitriles is 1.